The Morgan fingerprint density at radius 3 is 2.70 bits per heavy atom. The molecule has 5 nitrogen and oxygen atoms in total. The first-order valence-corrected chi connectivity index (χ1v) is 7.09. The molecule has 1 amide bonds. The van der Waals surface area contributed by atoms with Crippen molar-refractivity contribution in [3.8, 4) is 11.5 Å². The molecule has 2 N–H and O–H groups in total. The number of hydrazone groups is 1. The molecular weight excluding hydrogens is 346 g/mol. The highest BCUT2D eigenvalue weighted by Crippen LogP contribution is 2.29. The van der Waals surface area contributed by atoms with Crippen molar-refractivity contribution in [2.75, 3.05) is 6.61 Å². The van der Waals surface area contributed by atoms with E-state index in [0.717, 1.165) is 0 Å². The smallest absolute Gasteiger partial charge is 0.277 e. The predicted molar refractivity (Wildman–Crippen MR) is 85.8 cm³/mol. The Bertz CT molecular complexity index is 736. The third kappa shape index (κ3) is 5.12. The summed E-state index contributed by atoms with van der Waals surface area (Å²) in [7, 11) is 0. The van der Waals surface area contributed by atoms with Crippen molar-refractivity contribution >= 4 is 35.3 Å². The Morgan fingerprint density at radius 1 is 1.30 bits per heavy atom. The molecule has 0 bridgehead atoms. The largest absolute Gasteiger partial charge is 0.506 e. The zero-order valence-electron chi connectivity index (χ0n) is 11.6. The summed E-state index contributed by atoms with van der Waals surface area (Å²) in [5.41, 5.74) is 2.47. The molecule has 0 aromatic heterocycles. The molecule has 2 aromatic rings. The molecule has 0 radical (unpaired) electrons. The minimum Gasteiger partial charge on any atom is -0.506 e. The second-order valence-corrected chi connectivity index (χ2v) is 5.20. The molecule has 8 heteroatoms. The van der Waals surface area contributed by atoms with Crippen LogP contribution in [0.25, 0.3) is 0 Å². The molecule has 23 heavy (non-hydrogen) atoms. The van der Waals surface area contributed by atoms with Crippen LogP contribution in [0.3, 0.4) is 0 Å². The SMILES string of the molecule is O=C(COc1ccc(F)cc1)N/N=C/c1cc(Cl)cc(Cl)c1O. The fourth-order valence-corrected chi connectivity index (χ4v) is 2.08. The Kier molecular flexibility index (Phi) is 5.78. The number of amides is 1. The van der Waals surface area contributed by atoms with Gasteiger partial charge in [0.25, 0.3) is 5.91 Å². The number of carbonyl (C=O) groups is 1. The molecule has 0 aliphatic carbocycles. The van der Waals surface area contributed by atoms with Crippen molar-refractivity contribution in [2.24, 2.45) is 5.10 Å². The lowest BCUT2D eigenvalue weighted by molar-refractivity contribution is -0.123. The summed E-state index contributed by atoms with van der Waals surface area (Å²) in [6.07, 6.45) is 1.20. The highest BCUT2D eigenvalue weighted by Gasteiger charge is 2.06. The molecule has 0 aliphatic rings. The van der Waals surface area contributed by atoms with Gasteiger partial charge in [-0.05, 0) is 36.4 Å². The normalized spacial score (nSPS) is 10.7. The lowest BCUT2D eigenvalue weighted by Crippen LogP contribution is -2.24. The molecule has 0 fully saturated rings. The van der Waals surface area contributed by atoms with Gasteiger partial charge in [-0.25, -0.2) is 9.82 Å². The van der Waals surface area contributed by atoms with E-state index in [1.165, 1.54) is 42.6 Å². The number of rotatable bonds is 5. The van der Waals surface area contributed by atoms with Crippen LogP contribution in [0.1, 0.15) is 5.56 Å². The molecular formula is C15H11Cl2FN2O3. The third-order valence-corrected chi connectivity index (χ3v) is 3.14. The van der Waals surface area contributed by atoms with Gasteiger partial charge in [-0.15, -0.1) is 0 Å². The van der Waals surface area contributed by atoms with E-state index in [2.05, 4.69) is 10.5 Å². The fraction of sp³-hybridized carbons (Fsp3) is 0.0667. The van der Waals surface area contributed by atoms with E-state index in [0.29, 0.717) is 10.8 Å². The second-order valence-electron chi connectivity index (χ2n) is 4.36. The summed E-state index contributed by atoms with van der Waals surface area (Å²) in [5, 5.41) is 13.8. The van der Waals surface area contributed by atoms with Gasteiger partial charge in [-0.2, -0.15) is 5.10 Å². The Hall–Kier alpha value is -2.31. The van der Waals surface area contributed by atoms with Crippen LogP contribution in [0, 0.1) is 5.82 Å². The number of phenolic OH excluding ortho intramolecular Hbond substituents is 1. The number of hydrogen-bond donors (Lipinski definition) is 2. The average Bonchev–Trinajstić information content (AvgIpc) is 2.51. The summed E-state index contributed by atoms with van der Waals surface area (Å²) < 4.78 is 17.9. The summed E-state index contributed by atoms with van der Waals surface area (Å²) in [6, 6.07) is 8.06. The lowest BCUT2D eigenvalue weighted by Gasteiger charge is -2.05. The minimum atomic E-state index is -0.529. The number of benzene rings is 2. The molecule has 0 spiro atoms. The molecule has 0 heterocycles. The van der Waals surface area contributed by atoms with Gasteiger partial charge in [-0.1, -0.05) is 23.2 Å². The van der Waals surface area contributed by atoms with Crippen molar-refractivity contribution in [1.29, 1.82) is 0 Å². The first-order valence-electron chi connectivity index (χ1n) is 6.34. The van der Waals surface area contributed by atoms with Gasteiger partial charge in [0, 0.05) is 10.6 Å². The van der Waals surface area contributed by atoms with E-state index in [-0.39, 0.29) is 22.9 Å². The minimum absolute atomic E-state index is 0.0740. The van der Waals surface area contributed by atoms with E-state index < -0.39 is 11.7 Å². The van der Waals surface area contributed by atoms with E-state index in [9.17, 15) is 14.3 Å². The van der Waals surface area contributed by atoms with Crippen LogP contribution in [0.4, 0.5) is 4.39 Å². The molecule has 120 valence electrons. The van der Waals surface area contributed by atoms with Crippen molar-refractivity contribution in [1.82, 2.24) is 5.43 Å². The van der Waals surface area contributed by atoms with E-state index in [1.54, 1.807) is 0 Å². The second kappa shape index (κ2) is 7.80. The summed E-state index contributed by atoms with van der Waals surface area (Å²) in [5.74, 6) is -0.772. The number of phenols is 1. The number of nitrogens with zero attached hydrogens (tertiary/aromatic N) is 1. The first-order chi connectivity index (χ1) is 11.0. The maximum atomic E-state index is 12.7. The maximum absolute atomic E-state index is 12.7. The van der Waals surface area contributed by atoms with Crippen LogP contribution in [0.5, 0.6) is 11.5 Å². The van der Waals surface area contributed by atoms with E-state index in [1.807, 2.05) is 0 Å². The standard InChI is InChI=1S/C15H11Cl2FN2O3/c16-10-5-9(15(22)13(17)6-10)7-19-20-14(21)8-23-12-3-1-11(18)2-4-12/h1-7,22H,8H2,(H,20,21)/b19-7+. The predicted octanol–water partition coefficient (Wildman–Crippen LogP) is 3.37. The van der Waals surface area contributed by atoms with Crippen molar-refractivity contribution in [3.63, 3.8) is 0 Å². The van der Waals surface area contributed by atoms with Crippen molar-refractivity contribution in [2.45, 2.75) is 0 Å². The summed E-state index contributed by atoms with van der Waals surface area (Å²) >= 11 is 11.6. The number of aromatic hydroxyl groups is 1. The quantitative estimate of drug-likeness (QED) is 0.637. The number of ether oxygens (including phenoxy) is 1. The average molecular weight is 357 g/mol. The van der Waals surface area contributed by atoms with Gasteiger partial charge in [-0.3, -0.25) is 4.79 Å². The molecule has 0 unspecified atom stereocenters. The van der Waals surface area contributed by atoms with Gasteiger partial charge in [0.1, 0.15) is 17.3 Å². The highest BCUT2D eigenvalue weighted by atomic mass is 35.5. The number of hydrogen-bond acceptors (Lipinski definition) is 4. The zero-order chi connectivity index (χ0) is 16.8. The molecule has 2 rings (SSSR count). The van der Waals surface area contributed by atoms with Gasteiger partial charge in [0.05, 0.1) is 11.2 Å². The van der Waals surface area contributed by atoms with Crippen LogP contribution >= 0.6 is 23.2 Å². The maximum Gasteiger partial charge on any atom is 0.277 e. The van der Waals surface area contributed by atoms with Crippen LogP contribution < -0.4 is 10.2 Å². The molecule has 0 saturated carbocycles. The van der Waals surface area contributed by atoms with E-state index in [4.69, 9.17) is 27.9 Å². The van der Waals surface area contributed by atoms with Gasteiger partial charge in [0.2, 0.25) is 0 Å². The summed E-state index contributed by atoms with van der Waals surface area (Å²) in [6.45, 7) is -0.300. The molecule has 0 atom stereocenters. The van der Waals surface area contributed by atoms with Crippen LogP contribution in [0.15, 0.2) is 41.5 Å². The molecule has 0 saturated heterocycles. The van der Waals surface area contributed by atoms with Crippen molar-refractivity contribution in [3.05, 3.63) is 57.8 Å². The van der Waals surface area contributed by atoms with Crippen LogP contribution in [-0.4, -0.2) is 23.8 Å². The van der Waals surface area contributed by atoms with Gasteiger partial charge >= 0.3 is 0 Å². The van der Waals surface area contributed by atoms with Gasteiger partial charge in [0.15, 0.2) is 6.61 Å². The summed E-state index contributed by atoms with van der Waals surface area (Å²) in [4.78, 5) is 11.6. The number of nitrogens with one attached hydrogen (secondary N) is 1. The first kappa shape index (κ1) is 17.1. The van der Waals surface area contributed by atoms with Gasteiger partial charge < -0.3 is 9.84 Å². The fourth-order valence-electron chi connectivity index (χ4n) is 1.57. The topological polar surface area (TPSA) is 70.9 Å². The molecule has 0 aliphatic heterocycles. The lowest BCUT2D eigenvalue weighted by atomic mass is 10.2. The Balaban J connectivity index is 1.88. The number of carbonyl (C=O) groups excluding carboxylic acids is 1. The molecule has 2 aromatic carbocycles. The monoisotopic (exact) mass is 356 g/mol. The number of halogens is 3. The Morgan fingerprint density at radius 2 is 2.00 bits per heavy atom. The highest BCUT2D eigenvalue weighted by molar-refractivity contribution is 6.36. The Labute approximate surface area is 141 Å². The van der Waals surface area contributed by atoms with Crippen molar-refractivity contribution < 1.29 is 19.0 Å². The van der Waals surface area contributed by atoms with Crippen LogP contribution in [0.2, 0.25) is 10.0 Å². The van der Waals surface area contributed by atoms with E-state index >= 15 is 0 Å². The zero-order valence-corrected chi connectivity index (χ0v) is 13.1. The van der Waals surface area contributed by atoms with Crippen LogP contribution in [-0.2, 0) is 4.79 Å². The third-order valence-electron chi connectivity index (χ3n) is 2.63.